The van der Waals surface area contributed by atoms with Gasteiger partial charge < -0.3 is 24.1 Å². The third kappa shape index (κ3) is 6.24. The highest BCUT2D eigenvalue weighted by Gasteiger charge is 2.38. The zero-order valence-electron chi connectivity index (χ0n) is 22.3. The zero-order valence-corrected chi connectivity index (χ0v) is 23.8. The van der Waals surface area contributed by atoms with Crippen LogP contribution in [0.3, 0.4) is 0 Å². The van der Waals surface area contributed by atoms with Crippen LogP contribution in [-0.2, 0) is 29.1 Å². The van der Waals surface area contributed by atoms with Crippen LogP contribution in [0, 0.1) is 0 Å². The Morgan fingerprint density at radius 2 is 1.73 bits per heavy atom. The normalized spacial score (nSPS) is 18.1. The first-order valence-electron chi connectivity index (χ1n) is 12.8. The van der Waals surface area contributed by atoms with Crippen molar-refractivity contribution in [3.63, 3.8) is 0 Å². The lowest BCUT2D eigenvalue weighted by molar-refractivity contribution is -0.143. The number of ether oxygens (including phenoxy) is 4. The number of hydrogen-bond acceptors (Lipinski definition) is 6. The summed E-state index contributed by atoms with van der Waals surface area (Å²) in [5.74, 6) is 0.686. The number of carbonyl (C=O) groups excluding carboxylic acids is 1. The third-order valence-electron chi connectivity index (χ3n) is 6.61. The largest absolute Gasteiger partial charge is 0.489 e. The van der Waals surface area contributed by atoms with Gasteiger partial charge in [-0.15, -0.1) is 0 Å². The summed E-state index contributed by atoms with van der Waals surface area (Å²) in [5.41, 5.74) is 2.66. The molecule has 0 aromatic heterocycles. The maximum atomic E-state index is 12.8. The van der Waals surface area contributed by atoms with Gasteiger partial charge in [-0.05, 0) is 79.4 Å². The molecule has 0 radical (unpaired) electrons. The number of fused-ring (bicyclic) bond motifs is 2. The second-order valence-corrected chi connectivity index (χ2v) is 11.6. The van der Waals surface area contributed by atoms with Gasteiger partial charge in [0.15, 0.2) is 17.6 Å². The number of halogens is 2. The van der Waals surface area contributed by atoms with Gasteiger partial charge in [0.2, 0.25) is 0 Å². The number of amides is 1. The number of carboxylic acids is 1. The summed E-state index contributed by atoms with van der Waals surface area (Å²) in [5, 5.41) is 10.8. The third-order valence-corrected chi connectivity index (χ3v) is 7.35. The summed E-state index contributed by atoms with van der Waals surface area (Å²) in [6, 6.07) is 15.5. The SMILES string of the molecule is CC(C)(C)OC(=O)N1Cc2cc3c(cc2C[C@H]1C(=O)O)OCC(c1ccc(OCc2ccc(Cl)c(Cl)c2)cc1)O3. The van der Waals surface area contributed by atoms with E-state index in [0.717, 1.165) is 22.3 Å². The average Bonchev–Trinajstić information content (AvgIpc) is 2.90. The first kappa shape index (κ1) is 27.9. The Bertz CT molecular complexity index is 1440. The molecule has 0 fully saturated rings. The monoisotopic (exact) mass is 585 g/mol. The summed E-state index contributed by atoms with van der Waals surface area (Å²) < 4.78 is 23.6. The van der Waals surface area contributed by atoms with Gasteiger partial charge in [0.05, 0.1) is 16.6 Å². The molecular weight excluding hydrogens is 557 g/mol. The van der Waals surface area contributed by atoms with Crippen LogP contribution in [0.2, 0.25) is 10.0 Å². The highest BCUT2D eigenvalue weighted by molar-refractivity contribution is 6.42. The van der Waals surface area contributed by atoms with Gasteiger partial charge in [-0.2, -0.15) is 0 Å². The van der Waals surface area contributed by atoms with Crippen LogP contribution >= 0.6 is 23.2 Å². The Morgan fingerprint density at radius 3 is 2.40 bits per heavy atom. The minimum Gasteiger partial charge on any atom is -0.489 e. The summed E-state index contributed by atoms with van der Waals surface area (Å²) >= 11 is 12.1. The van der Waals surface area contributed by atoms with Crippen LogP contribution in [0.5, 0.6) is 17.2 Å². The molecule has 0 saturated heterocycles. The zero-order chi connectivity index (χ0) is 28.6. The number of aliphatic carboxylic acids is 1. The molecule has 2 aliphatic heterocycles. The summed E-state index contributed by atoms with van der Waals surface area (Å²) in [4.78, 5) is 26.0. The number of benzene rings is 3. The quantitative estimate of drug-likeness (QED) is 0.350. The second kappa shape index (κ2) is 11.1. The fraction of sp³-hybridized carbons (Fsp3) is 0.333. The molecule has 40 heavy (non-hydrogen) atoms. The van der Waals surface area contributed by atoms with Gasteiger partial charge in [0, 0.05) is 6.42 Å². The van der Waals surface area contributed by atoms with E-state index in [1.807, 2.05) is 42.5 Å². The molecule has 0 spiro atoms. The fourth-order valence-corrected chi connectivity index (χ4v) is 4.94. The minimum absolute atomic E-state index is 0.0907. The Balaban J connectivity index is 1.28. The first-order chi connectivity index (χ1) is 19.0. The maximum Gasteiger partial charge on any atom is 0.411 e. The smallest absolute Gasteiger partial charge is 0.411 e. The fourth-order valence-electron chi connectivity index (χ4n) is 4.62. The molecule has 0 aliphatic carbocycles. The molecule has 3 aromatic carbocycles. The van der Waals surface area contributed by atoms with Crippen molar-refractivity contribution in [3.8, 4) is 17.2 Å². The molecular formula is C30H29Cl2NO7. The summed E-state index contributed by atoms with van der Waals surface area (Å²) in [6.07, 6.45) is -0.875. The molecule has 3 aromatic rings. The lowest BCUT2D eigenvalue weighted by Gasteiger charge is -2.36. The summed E-state index contributed by atoms with van der Waals surface area (Å²) in [7, 11) is 0. The Labute approximate surface area is 242 Å². The van der Waals surface area contributed by atoms with E-state index in [2.05, 4.69) is 0 Å². The van der Waals surface area contributed by atoms with Crippen LogP contribution in [0.1, 0.15) is 49.1 Å². The number of hydrogen-bond donors (Lipinski definition) is 1. The lowest BCUT2D eigenvalue weighted by atomic mass is 9.93. The van der Waals surface area contributed by atoms with E-state index in [1.165, 1.54) is 4.90 Å². The van der Waals surface area contributed by atoms with Gasteiger partial charge in [-0.3, -0.25) is 4.90 Å². The van der Waals surface area contributed by atoms with Crippen LogP contribution in [0.25, 0.3) is 0 Å². The Kier molecular flexibility index (Phi) is 7.75. The van der Waals surface area contributed by atoms with Crippen molar-refractivity contribution < 1.29 is 33.6 Å². The molecule has 0 bridgehead atoms. The minimum atomic E-state index is -1.09. The lowest BCUT2D eigenvalue weighted by Crippen LogP contribution is -2.50. The highest BCUT2D eigenvalue weighted by Crippen LogP contribution is 2.41. The molecule has 2 aliphatic rings. The van der Waals surface area contributed by atoms with E-state index in [1.54, 1.807) is 32.9 Å². The van der Waals surface area contributed by atoms with Gasteiger partial charge in [0.1, 0.15) is 30.6 Å². The molecule has 1 amide bonds. The molecule has 8 nitrogen and oxygen atoms in total. The van der Waals surface area contributed by atoms with E-state index >= 15 is 0 Å². The van der Waals surface area contributed by atoms with Crippen LogP contribution in [-0.4, -0.2) is 40.3 Å². The van der Waals surface area contributed by atoms with E-state index in [9.17, 15) is 14.7 Å². The average molecular weight is 586 g/mol. The molecule has 2 atom stereocenters. The van der Waals surface area contributed by atoms with Crippen molar-refractivity contribution in [2.75, 3.05) is 6.61 Å². The van der Waals surface area contributed by atoms with Gasteiger partial charge in [0.25, 0.3) is 0 Å². The van der Waals surface area contributed by atoms with E-state index in [4.69, 9.17) is 42.1 Å². The number of carbonyl (C=O) groups is 2. The molecule has 2 heterocycles. The molecule has 1 unspecified atom stereocenters. The van der Waals surface area contributed by atoms with Crippen molar-refractivity contribution >= 4 is 35.3 Å². The number of carboxylic acid groups (broad SMARTS) is 1. The molecule has 5 rings (SSSR count). The highest BCUT2D eigenvalue weighted by atomic mass is 35.5. The number of rotatable bonds is 5. The van der Waals surface area contributed by atoms with Crippen molar-refractivity contribution in [2.45, 2.75) is 58.1 Å². The molecule has 1 N–H and O–H groups in total. The van der Waals surface area contributed by atoms with Gasteiger partial charge >= 0.3 is 12.1 Å². The van der Waals surface area contributed by atoms with Crippen molar-refractivity contribution in [2.24, 2.45) is 0 Å². The molecule has 210 valence electrons. The van der Waals surface area contributed by atoms with E-state index in [-0.39, 0.29) is 19.1 Å². The topological polar surface area (TPSA) is 94.5 Å². The van der Waals surface area contributed by atoms with Crippen molar-refractivity contribution in [3.05, 3.63) is 86.9 Å². The van der Waals surface area contributed by atoms with Crippen LogP contribution in [0.4, 0.5) is 4.79 Å². The predicted molar refractivity (Wildman–Crippen MR) is 149 cm³/mol. The second-order valence-electron chi connectivity index (χ2n) is 10.8. The van der Waals surface area contributed by atoms with Gasteiger partial charge in [-0.1, -0.05) is 41.4 Å². The Morgan fingerprint density at radius 1 is 1.00 bits per heavy atom. The molecule has 0 saturated carbocycles. The van der Waals surface area contributed by atoms with Gasteiger partial charge in [-0.25, -0.2) is 9.59 Å². The Hall–Kier alpha value is -3.62. The van der Waals surface area contributed by atoms with Crippen molar-refractivity contribution in [1.82, 2.24) is 4.90 Å². The van der Waals surface area contributed by atoms with Crippen molar-refractivity contribution in [1.29, 1.82) is 0 Å². The first-order valence-corrected chi connectivity index (χ1v) is 13.6. The number of nitrogens with zero attached hydrogens (tertiary/aromatic N) is 1. The maximum absolute atomic E-state index is 12.8. The predicted octanol–water partition coefficient (Wildman–Crippen LogP) is 6.83. The van der Waals surface area contributed by atoms with Crippen LogP contribution in [0.15, 0.2) is 54.6 Å². The van der Waals surface area contributed by atoms with E-state index in [0.29, 0.717) is 40.5 Å². The summed E-state index contributed by atoms with van der Waals surface area (Å²) in [6.45, 7) is 5.97. The van der Waals surface area contributed by atoms with Crippen LogP contribution < -0.4 is 14.2 Å². The molecule has 10 heteroatoms. The van der Waals surface area contributed by atoms with E-state index < -0.39 is 23.7 Å². The standard InChI is InChI=1S/C30H29Cl2NO7/c1-30(2,3)40-29(36)33-14-20-13-26-25(12-19(20)11-24(33)28(34)35)38-16-27(39-26)18-5-7-21(8-6-18)37-15-17-4-9-22(31)23(32)10-17/h4-10,12-13,24,27H,11,14-16H2,1-3H3,(H,34,35)/t24-,27?/m0/s1.